The highest BCUT2D eigenvalue weighted by atomic mass is 32.2. The summed E-state index contributed by atoms with van der Waals surface area (Å²) in [6.45, 7) is 5.19. The predicted molar refractivity (Wildman–Crippen MR) is 95.9 cm³/mol. The minimum Gasteiger partial charge on any atom is -0.506 e. The summed E-state index contributed by atoms with van der Waals surface area (Å²) in [5.41, 5.74) is 0.260. The van der Waals surface area contributed by atoms with Gasteiger partial charge in [0.1, 0.15) is 18.0 Å². The van der Waals surface area contributed by atoms with Crippen LogP contribution in [-0.2, 0) is 21.4 Å². The summed E-state index contributed by atoms with van der Waals surface area (Å²) in [4.78, 5) is 11.4. The van der Waals surface area contributed by atoms with E-state index >= 15 is 0 Å². The van der Waals surface area contributed by atoms with Crippen molar-refractivity contribution in [3.63, 3.8) is 0 Å². The summed E-state index contributed by atoms with van der Waals surface area (Å²) in [7, 11) is -4.19. The molecule has 0 bridgehead atoms. The number of carbonyl (C=O) groups excluding carboxylic acids is 1. The number of nitrogens with one attached hydrogen (secondary N) is 3. The SMILES string of the molecule is CC(C)CCNC[C@H]1Cc2c(cc(O)c(N3CC(=O)NS3(=O)=O)c2F)N1. The Kier molecular flexibility index (Phi) is 4.98. The van der Waals surface area contributed by atoms with E-state index in [1.54, 1.807) is 4.72 Å². The molecule has 3 rings (SSSR count). The molecule has 144 valence electrons. The molecule has 1 aromatic carbocycles. The van der Waals surface area contributed by atoms with Gasteiger partial charge in [-0.3, -0.25) is 4.79 Å². The van der Waals surface area contributed by atoms with Crippen LogP contribution < -0.4 is 19.7 Å². The van der Waals surface area contributed by atoms with Crippen molar-refractivity contribution in [2.45, 2.75) is 32.7 Å². The molecule has 2 aliphatic heterocycles. The third-order valence-electron chi connectivity index (χ3n) is 4.49. The highest BCUT2D eigenvalue weighted by Crippen LogP contribution is 2.41. The first-order chi connectivity index (χ1) is 12.2. The van der Waals surface area contributed by atoms with Crippen LogP contribution in [0, 0.1) is 11.7 Å². The summed E-state index contributed by atoms with van der Waals surface area (Å²) in [6.07, 6.45) is 1.39. The molecule has 26 heavy (non-hydrogen) atoms. The maximum absolute atomic E-state index is 15.0. The minimum absolute atomic E-state index is 0.0590. The highest BCUT2D eigenvalue weighted by Gasteiger charge is 2.39. The van der Waals surface area contributed by atoms with Crippen LogP contribution in [0.2, 0.25) is 0 Å². The molecule has 0 saturated carbocycles. The van der Waals surface area contributed by atoms with Crippen molar-refractivity contribution >= 4 is 27.5 Å². The highest BCUT2D eigenvalue weighted by molar-refractivity contribution is 7.92. The quantitative estimate of drug-likeness (QED) is 0.535. The Bertz CT molecular complexity index is 828. The van der Waals surface area contributed by atoms with Gasteiger partial charge in [0.05, 0.1) is 0 Å². The fourth-order valence-electron chi connectivity index (χ4n) is 3.18. The van der Waals surface area contributed by atoms with Gasteiger partial charge >= 0.3 is 10.2 Å². The van der Waals surface area contributed by atoms with Gasteiger partial charge in [0.25, 0.3) is 5.91 Å². The molecule has 0 unspecified atom stereocenters. The van der Waals surface area contributed by atoms with Crippen LogP contribution in [-0.4, -0.2) is 45.1 Å². The minimum atomic E-state index is -4.19. The first kappa shape index (κ1) is 18.7. The molecule has 0 spiro atoms. The van der Waals surface area contributed by atoms with E-state index in [1.165, 1.54) is 6.07 Å². The first-order valence-electron chi connectivity index (χ1n) is 8.54. The van der Waals surface area contributed by atoms with Gasteiger partial charge in [-0.25, -0.2) is 13.4 Å². The second kappa shape index (κ2) is 6.92. The third kappa shape index (κ3) is 3.56. The van der Waals surface area contributed by atoms with Crippen LogP contribution in [0.1, 0.15) is 25.8 Å². The number of anilines is 2. The average molecular weight is 386 g/mol. The van der Waals surface area contributed by atoms with Crippen LogP contribution in [0.15, 0.2) is 6.07 Å². The van der Waals surface area contributed by atoms with Gasteiger partial charge in [-0.05, 0) is 25.3 Å². The Hall–Kier alpha value is -2.07. The van der Waals surface area contributed by atoms with Crippen molar-refractivity contribution in [2.24, 2.45) is 5.92 Å². The number of rotatable bonds is 6. The van der Waals surface area contributed by atoms with Crippen molar-refractivity contribution in [1.82, 2.24) is 10.0 Å². The number of aromatic hydroxyl groups is 1. The molecule has 2 heterocycles. The zero-order valence-corrected chi connectivity index (χ0v) is 15.5. The Balaban J connectivity index is 1.78. The number of phenols is 1. The summed E-state index contributed by atoms with van der Waals surface area (Å²) in [5.74, 6) is -1.53. The van der Waals surface area contributed by atoms with Crippen LogP contribution in [0.3, 0.4) is 0 Å². The first-order valence-corrected chi connectivity index (χ1v) is 9.98. The number of carbonyl (C=O) groups is 1. The number of hydrogen-bond donors (Lipinski definition) is 4. The summed E-state index contributed by atoms with van der Waals surface area (Å²) >= 11 is 0. The van der Waals surface area contributed by atoms with Gasteiger partial charge < -0.3 is 15.7 Å². The number of amides is 1. The van der Waals surface area contributed by atoms with E-state index in [4.69, 9.17) is 0 Å². The Labute approximate surface area is 151 Å². The van der Waals surface area contributed by atoms with Crippen LogP contribution in [0.25, 0.3) is 0 Å². The second-order valence-electron chi connectivity index (χ2n) is 7.05. The van der Waals surface area contributed by atoms with E-state index in [1.807, 2.05) is 0 Å². The van der Waals surface area contributed by atoms with Crippen molar-refractivity contribution < 1.29 is 22.7 Å². The molecule has 10 heteroatoms. The van der Waals surface area contributed by atoms with Crippen molar-refractivity contribution in [1.29, 1.82) is 0 Å². The molecule has 1 saturated heterocycles. The van der Waals surface area contributed by atoms with Crippen LogP contribution in [0.4, 0.5) is 15.8 Å². The van der Waals surface area contributed by atoms with Gasteiger partial charge in [-0.1, -0.05) is 13.8 Å². The maximum Gasteiger partial charge on any atom is 0.326 e. The summed E-state index contributed by atoms with van der Waals surface area (Å²) in [5, 5.41) is 16.6. The Morgan fingerprint density at radius 2 is 2.19 bits per heavy atom. The predicted octanol–water partition coefficient (Wildman–Crippen LogP) is 0.685. The molecule has 1 atom stereocenters. The van der Waals surface area contributed by atoms with E-state index in [-0.39, 0.29) is 6.04 Å². The number of halogens is 1. The zero-order valence-electron chi connectivity index (χ0n) is 14.7. The monoisotopic (exact) mass is 386 g/mol. The molecular weight excluding hydrogens is 363 g/mol. The van der Waals surface area contributed by atoms with Gasteiger partial charge in [-0.2, -0.15) is 8.42 Å². The fraction of sp³-hybridized carbons (Fsp3) is 0.562. The van der Waals surface area contributed by atoms with Gasteiger partial charge in [0, 0.05) is 29.9 Å². The van der Waals surface area contributed by atoms with E-state index in [9.17, 15) is 22.7 Å². The lowest BCUT2D eigenvalue weighted by atomic mass is 10.1. The Morgan fingerprint density at radius 3 is 2.81 bits per heavy atom. The molecule has 1 fully saturated rings. The number of benzene rings is 1. The maximum atomic E-state index is 15.0. The molecule has 0 aromatic heterocycles. The number of fused-ring (bicyclic) bond motifs is 1. The van der Waals surface area contributed by atoms with E-state index < -0.39 is 39.9 Å². The topological polar surface area (TPSA) is 111 Å². The molecule has 4 N–H and O–H groups in total. The summed E-state index contributed by atoms with van der Waals surface area (Å²) in [6, 6.07) is 1.25. The average Bonchev–Trinajstić information content (AvgIpc) is 3.04. The van der Waals surface area contributed by atoms with Crippen molar-refractivity contribution in [3.8, 4) is 5.75 Å². The van der Waals surface area contributed by atoms with Gasteiger partial charge in [0.2, 0.25) is 0 Å². The lowest BCUT2D eigenvalue weighted by Crippen LogP contribution is -2.32. The van der Waals surface area contributed by atoms with Crippen molar-refractivity contribution in [3.05, 3.63) is 17.4 Å². The normalized spacial score (nSPS) is 21.0. The molecule has 8 nitrogen and oxygen atoms in total. The summed E-state index contributed by atoms with van der Waals surface area (Å²) < 4.78 is 41.2. The third-order valence-corrected chi connectivity index (χ3v) is 5.87. The lowest BCUT2D eigenvalue weighted by molar-refractivity contribution is -0.117. The standard InChI is InChI=1S/C16H23FN4O4S/c1-9(2)3-4-18-7-10-5-11-12(19-10)6-13(22)16(15(11)17)21-8-14(23)20-26(21,24)25/h6,9-10,18-19,22H,3-5,7-8H2,1-2H3,(H,20,23)/t10-/m1/s1. The van der Waals surface area contributed by atoms with E-state index in [2.05, 4.69) is 24.5 Å². The molecule has 1 aromatic rings. The van der Waals surface area contributed by atoms with Crippen molar-refractivity contribution in [2.75, 3.05) is 29.3 Å². The van der Waals surface area contributed by atoms with Crippen LogP contribution >= 0.6 is 0 Å². The smallest absolute Gasteiger partial charge is 0.326 e. The van der Waals surface area contributed by atoms with Crippen LogP contribution in [0.5, 0.6) is 5.75 Å². The molecule has 0 aliphatic carbocycles. The molecule has 2 aliphatic rings. The molecular formula is C16H23FN4O4S. The largest absolute Gasteiger partial charge is 0.506 e. The number of phenolic OH excluding ortho intramolecular Hbond substituents is 1. The lowest BCUT2D eigenvalue weighted by Gasteiger charge is -2.18. The molecule has 0 radical (unpaired) electrons. The van der Waals surface area contributed by atoms with E-state index in [0.717, 1.165) is 13.0 Å². The molecule has 1 amide bonds. The number of hydrogen-bond acceptors (Lipinski definition) is 6. The number of nitrogens with zero attached hydrogens (tertiary/aromatic N) is 1. The fourth-order valence-corrected chi connectivity index (χ4v) is 4.35. The van der Waals surface area contributed by atoms with Gasteiger partial charge in [-0.15, -0.1) is 0 Å². The second-order valence-corrected chi connectivity index (χ2v) is 8.65. The zero-order chi connectivity index (χ0) is 19.1. The van der Waals surface area contributed by atoms with E-state index in [0.29, 0.717) is 34.4 Å². The van der Waals surface area contributed by atoms with Gasteiger partial charge in [0.15, 0.2) is 5.82 Å². The Morgan fingerprint density at radius 1 is 1.46 bits per heavy atom.